The summed E-state index contributed by atoms with van der Waals surface area (Å²) >= 11 is 0. The molecule has 90 valence electrons. The molecule has 0 bridgehead atoms. The molecule has 1 rings (SSSR count). The molecule has 1 atom stereocenters. The molecule has 17 heavy (non-hydrogen) atoms. The van der Waals surface area contributed by atoms with E-state index in [-0.39, 0.29) is 11.4 Å². The molecule has 1 amide bonds. The second-order valence-electron chi connectivity index (χ2n) is 5.11. The maximum absolute atomic E-state index is 11.9. The van der Waals surface area contributed by atoms with E-state index in [2.05, 4.69) is 11.4 Å². The van der Waals surface area contributed by atoms with Crippen LogP contribution in [-0.4, -0.2) is 11.4 Å². The Morgan fingerprint density at radius 1 is 1.35 bits per heavy atom. The van der Waals surface area contributed by atoms with Gasteiger partial charge in [0, 0.05) is 5.54 Å². The minimum Gasteiger partial charge on any atom is -0.350 e. The van der Waals surface area contributed by atoms with Crippen LogP contribution in [0.4, 0.5) is 0 Å². The van der Waals surface area contributed by atoms with E-state index in [0.717, 1.165) is 5.56 Å². The lowest BCUT2D eigenvalue weighted by molar-refractivity contribution is -0.124. The maximum atomic E-state index is 11.9. The van der Waals surface area contributed by atoms with Gasteiger partial charge in [-0.1, -0.05) is 30.3 Å². The van der Waals surface area contributed by atoms with Gasteiger partial charge in [0.15, 0.2) is 0 Å². The van der Waals surface area contributed by atoms with Crippen molar-refractivity contribution in [2.75, 3.05) is 0 Å². The summed E-state index contributed by atoms with van der Waals surface area (Å²) in [5, 5.41) is 11.9. The molecule has 0 saturated carbocycles. The molecule has 0 fully saturated rings. The third kappa shape index (κ3) is 4.69. The Bertz CT molecular complexity index is 412. The van der Waals surface area contributed by atoms with Crippen molar-refractivity contribution in [2.45, 2.75) is 32.7 Å². The van der Waals surface area contributed by atoms with Gasteiger partial charge in [-0.25, -0.2) is 0 Å². The molecule has 3 heteroatoms. The van der Waals surface area contributed by atoms with E-state index < -0.39 is 5.92 Å². The van der Waals surface area contributed by atoms with Crippen LogP contribution in [0, 0.1) is 17.2 Å². The number of nitriles is 1. The van der Waals surface area contributed by atoms with Gasteiger partial charge in [-0.2, -0.15) is 5.26 Å². The van der Waals surface area contributed by atoms with Crippen LogP contribution >= 0.6 is 0 Å². The van der Waals surface area contributed by atoms with E-state index in [1.807, 2.05) is 51.1 Å². The van der Waals surface area contributed by atoms with E-state index >= 15 is 0 Å². The van der Waals surface area contributed by atoms with Crippen LogP contribution in [0.15, 0.2) is 30.3 Å². The molecule has 0 saturated heterocycles. The van der Waals surface area contributed by atoms with Crippen molar-refractivity contribution in [3.63, 3.8) is 0 Å². The van der Waals surface area contributed by atoms with E-state index in [0.29, 0.717) is 6.42 Å². The number of amides is 1. The predicted molar refractivity (Wildman–Crippen MR) is 67.1 cm³/mol. The Kier molecular flexibility index (Phi) is 4.28. The smallest absolute Gasteiger partial charge is 0.238 e. The number of rotatable bonds is 3. The zero-order chi connectivity index (χ0) is 12.9. The summed E-state index contributed by atoms with van der Waals surface area (Å²) in [5.74, 6) is -0.833. The zero-order valence-corrected chi connectivity index (χ0v) is 10.5. The van der Waals surface area contributed by atoms with Crippen LogP contribution in [0.5, 0.6) is 0 Å². The number of hydrogen-bond acceptors (Lipinski definition) is 2. The lowest BCUT2D eigenvalue weighted by Gasteiger charge is -2.22. The van der Waals surface area contributed by atoms with Gasteiger partial charge in [0.2, 0.25) is 5.91 Å². The molecule has 1 aromatic carbocycles. The highest BCUT2D eigenvalue weighted by atomic mass is 16.2. The van der Waals surface area contributed by atoms with Crippen molar-refractivity contribution in [3.8, 4) is 6.07 Å². The lowest BCUT2D eigenvalue weighted by Crippen LogP contribution is -2.44. The van der Waals surface area contributed by atoms with E-state index in [4.69, 9.17) is 5.26 Å². The molecular formula is C14H18N2O. The quantitative estimate of drug-likeness (QED) is 0.866. The minimum atomic E-state index is -0.628. The van der Waals surface area contributed by atoms with Crippen molar-refractivity contribution in [1.82, 2.24) is 5.32 Å². The summed E-state index contributed by atoms with van der Waals surface area (Å²) in [7, 11) is 0. The number of carbonyl (C=O) groups excluding carboxylic acids is 1. The lowest BCUT2D eigenvalue weighted by atomic mass is 9.98. The number of carbonyl (C=O) groups is 1. The summed E-state index contributed by atoms with van der Waals surface area (Å²) in [6, 6.07) is 11.6. The molecule has 3 nitrogen and oxygen atoms in total. The topological polar surface area (TPSA) is 52.9 Å². The highest BCUT2D eigenvalue weighted by molar-refractivity contribution is 5.82. The molecular weight excluding hydrogens is 212 g/mol. The Morgan fingerprint density at radius 2 is 1.94 bits per heavy atom. The molecule has 0 aromatic heterocycles. The maximum Gasteiger partial charge on any atom is 0.238 e. The van der Waals surface area contributed by atoms with Gasteiger partial charge in [-0.15, -0.1) is 0 Å². The predicted octanol–water partition coefficient (Wildman–Crippen LogP) is 2.28. The number of nitrogens with zero attached hydrogens (tertiary/aromatic N) is 1. The second-order valence-corrected chi connectivity index (χ2v) is 5.11. The van der Waals surface area contributed by atoms with Crippen LogP contribution in [0.25, 0.3) is 0 Å². The molecule has 0 aliphatic rings. The van der Waals surface area contributed by atoms with Crippen molar-refractivity contribution in [1.29, 1.82) is 5.26 Å². The van der Waals surface area contributed by atoms with Crippen LogP contribution in [-0.2, 0) is 11.2 Å². The van der Waals surface area contributed by atoms with Crippen molar-refractivity contribution in [3.05, 3.63) is 35.9 Å². The third-order valence-corrected chi connectivity index (χ3v) is 2.25. The fourth-order valence-corrected chi connectivity index (χ4v) is 1.50. The summed E-state index contributed by atoms with van der Waals surface area (Å²) in [6.45, 7) is 5.71. The number of hydrogen-bond donors (Lipinski definition) is 1. The molecule has 0 radical (unpaired) electrons. The summed E-state index contributed by atoms with van der Waals surface area (Å²) < 4.78 is 0. The fourth-order valence-electron chi connectivity index (χ4n) is 1.50. The number of nitrogens with one attached hydrogen (secondary N) is 1. The van der Waals surface area contributed by atoms with Crippen LogP contribution in [0.1, 0.15) is 26.3 Å². The first-order valence-electron chi connectivity index (χ1n) is 5.68. The van der Waals surface area contributed by atoms with E-state index in [9.17, 15) is 4.79 Å². The normalized spacial score (nSPS) is 12.6. The van der Waals surface area contributed by atoms with Crippen LogP contribution < -0.4 is 5.32 Å². The summed E-state index contributed by atoms with van der Waals surface area (Å²) in [5.41, 5.74) is 0.700. The molecule has 1 aromatic rings. The second kappa shape index (κ2) is 5.49. The number of benzene rings is 1. The Balaban J connectivity index is 2.68. The molecule has 0 spiro atoms. The monoisotopic (exact) mass is 230 g/mol. The first-order chi connectivity index (χ1) is 7.92. The first-order valence-corrected chi connectivity index (χ1v) is 5.68. The van der Waals surface area contributed by atoms with E-state index in [1.165, 1.54) is 0 Å². The average molecular weight is 230 g/mol. The van der Waals surface area contributed by atoms with Gasteiger partial charge in [0.05, 0.1) is 6.07 Å². The van der Waals surface area contributed by atoms with Gasteiger partial charge >= 0.3 is 0 Å². The van der Waals surface area contributed by atoms with Gasteiger partial charge in [0.1, 0.15) is 5.92 Å². The first kappa shape index (κ1) is 13.2. The van der Waals surface area contributed by atoms with Crippen LogP contribution in [0.3, 0.4) is 0 Å². The molecule has 1 unspecified atom stereocenters. The van der Waals surface area contributed by atoms with Gasteiger partial charge in [0.25, 0.3) is 0 Å². The van der Waals surface area contributed by atoms with Crippen molar-refractivity contribution >= 4 is 5.91 Å². The highest BCUT2D eigenvalue weighted by Gasteiger charge is 2.22. The molecule has 0 aliphatic heterocycles. The van der Waals surface area contributed by atoms with E-state index in [1.54, 1.807) is 0 Å². The van der Waals surface area contributed by atoms with Crippen molar-refractivity contribution in [2.24, 2.45) is 5.92 Å². The van der Waals surface area contributed by atoms with Crippen LogP contribution in [0.2, 0.25) is 0 Å². The minimum absolute atomic E-state index is 0.205. The Labute approximate surface area is 102 Å². The molecule has 0 heterocycles. The fraction of sp³-hybridized carbons (Fsp3) is 0.429. The third-order valence-electron chi connectivity index (χ3n) is 2.25. The van der Waals surface area contributed by atoms with Gasteiger partial charge < -0.3 is 5.32 Å². The Hall–Kier alpha value is -1.82. The largest absolute Gasteiger partial charge is 0.350 e. The molecule has 0 aliphatic carbocycles. The SMILES string of the molecule is CC(C)(C)NC(=O)C(C#N)Cc1ccccc1. The molecule has 1 N–H and O–H groups in total. The average Bonchev–Trinajstić information content (AvgIpc) is 2.24. The van der Waals surface area contributed by atoms with Crippen molar-refractivity contribution < 1.29 is 4.79 Å². The summed E-state index contributed by atoms with van der Waals surface area (Å²) in [4.78, 5) is 11.9. The zero-order valence-electron chi connectivity index (χ0n) is 10.5. The standard InChI is InChI=1S/C14H18N2O/c1-14(2,3)16-13(17)12(10-15)9-11-7-5-4-6-8-11/h4-8,12H,9H2,1-3H3,(H,16,17). The Morgan fingerprint density at radius 3 is 2.41 bits per heavy atom. The van der Waals surface area contributed by atoms with Gasteiger partial charge in [-0.05, 0) is 32.8 Å². The summed E-state index contributed by atoms with van der Waals surface area (Å²) in [6.07, 6.45) is 0.458. The highest BCUT2D eigenvalue weighted by Crippen LogP contribution is 2.10. The van der Waals surface area contributed by atoms with Gasteiger partial charge in [-0.3, -0.25) is 4.79 Å².